The van der Waals surface area contributed by atoms with Gasteiger partial charge in [-0.2, -0.15) is 0 Å². The molecule has 1 aliphatic carbocycles. The third kappa shape index (κ3) is 1.70. The molecule has 1 aromatic heterocycles. The number of nitrogens with zero attached hydrogens (tertiary/aromatic N) is 2. The van der Waals surface area contributed by atoms with Gasteiger partial charge in [0.25, 0.3) is 0 Å². The molecule has 1 aliphatic rings. The van der Waals surface area contributed by atoms with E-state index in [4.69, 9.17) is 5.11 Å². The van der Waals surface area contributed by atoms with Crippen LogP contribution in [0.3, 0.4) is 0 Å². The Balaban J connectivity index is 2.56. The molecule has 0 saturated heterocycles. The van der Waals surface area contributed by atoms with Crippen molar-refractivity contribution in [1.29, 1.82) is 0 Å². The molecule has 0 radical (unpaired) electrons. The van der Waals surface area contributed by atoms with Crippen molar-refractivity contribution in [2.24, 2.45) is 0 Å². The molecule has 0 amide bonds. The van der Waals surface area contributed by atoms with Crippen molar-refractivity contribution in [3.63, 3.8) is 0 Å². The number of hydrogen-bond donors (Lipinski definition) is 1. The molecule has 1 N–H and O–H groups in total. The monoisotopic (exact) mass is 215 g/mol. The van der Waals surface area contributed by atoms with Gasteiger partial charge in [0.05, 0.1) is 5.69 Å². The number of carboxylic acid groups (broad SMARTS) is 1. The molecule has 0 fully saturated rings. The zero-order valence-electron chi connectivity index (χ0n) is 8.12. The molecule has 16 heavy (non-hydrogen) atoms. The summed E-state index contributed by atoms with van der Waals surface area (Å²) in [6.07, 6.45) is 9.13. The maximum absolute atomic E-state index is 11.9. The van der Waals surface area contributed by atoms with Gasteiger partial charge in [-0.1, -0.05) is 30.1 Å². The van der Waals surface area contributed by atoms with E-state index in [1.54, 1.807) is 24.3 Å². The van der Waals surface area contributed by atoms with Crippen LogP contribution in [0.5, 0.6) is 0 Å². The number of carboxylic acids is 1. The summed E-state index contributed by atoms with van der Waals surface area (Å²) in [5.74, 6) is -1.70. The summed E-state index contributed by atoms with van der Waals surface area (Å²) < 4.78 is 0. The first-order valence-electron chi connectivity index (χ1n) is 4.51. The molecule has 1 aromatic rings. The van der Waals surface area contributed by atoms with Crippen molar-refractivity contribution in [1.82, 2.24) is 9.97 Å². The highest BCUT2D eigenvalue weighted by atomic mass is 16.4. The zero-order chi connectivity index (χ0) is 11.5. The molecule has 0 bridgehead atoms. The summed E-state index contributed by atoms with van der Waals surface area (Å²) >= 11 is 0. The number of aromatic nitrogens is 2. The summed E-state index contributed by atoms with van der Waals surface area (Å²) in [6, 6.07) is 0. The van der Waals surface area contributed by atoms with Crippen molar-refractivity contribution in [2.45, 2.75) is 0 Å². The zero-order valence-corrected chi connectivity index (χ0v) is 8.12. The molecule has 0 spiro atoms. The van der Waals surface area contributed by atoms with E-state index in [0.717, 1.165) is 0 Å². The first-order chi connectivity index (χ1) is 7.70. The first kappa shape index (κ1) is 10.1. The van der Waals surface area contributed by atoms with Crippen LogP contribution in [0.1, 0.15) is 16.2 Å². The standard InChI is InChI=1S/C11H8N2O3/c14-10(7-3-1-2-4-7)8-9(11(15)16)13-6-5-12-8/h1-6,14H,(H,15,16)/p-1. The van der Waals surface area contributed by atoms with E-state index in [0.29, 0.717) is 5.57 Å². The Kier molecular flexibility index (Phi) is 2.51. The number of carbonyl (C=O) groups is 1. The molecule has 0 atom stereocenters. The highest BCUT2D eigenvalue weighted by Crippen LogP contribution is 2.18. The minimum absolute atomic E-state index is 0.138. The average Bonchev–Trinajstić information content (AvgIpc) is 2.81. The Labute approximate surface area is 91.1 Å². The number of hydrogen-bond acceptors (Lipinski definition) is 4. The Morgan fingerprint density at radius 3 is 2.25 bits per heavy atom. The van der Waals surface area contributed by atoms with E-state index in [1.165, 1.54) is 12.4 Å². The molecule has 2 rings (SSSR count). The first-order valence-corrected chi connectivity index (χ1v) is 4.51. The van der Waals surface area contributed by atoms with Crippen LogP contribution in [0.4, 0.5) is 0 Å². The molecule has 0 aromatic carbocycles. The summed E-state index contributed by atoms with van der Waals surface area (Å²) in [7, 11) is 0. The molecule has 1 heterocycles. The predicted octanol–water partition coefficient (Wildman–Crippen LogP) is 0.372. The van der Waals surface area contributed by atoms with Crippen LogP contribution in [0.25, 0.3) is 5.76 Å². The van der Waals surface area contributed by atoms with E-state index >= 15 is 0 Å². The van der Waals surface area contributed by atoms with Gasteiger partial charge in [0.2, 0.25) is 0 Å². The third-order valence-electron chi connectivity index (χ3n) is 2.04. The van der Waals surface area contributed by atoms with Crippen LogP contribution in [0.2, 0.25) is 0 Å². The maximum Gasteiger partial charge on any atom is 0.356 e. The fourth-order valence-electron chi connectivity index (χ4n) is 1.32. The second kappa shape index (κ2) is 3.98. The van der Waals surface area contributed by atoms with Gasteiger partial charge in [0.15, 0.2) is 5.69 Å². The summed E-state index contributed by atoms with van der Waals surface area (Å²) in [4.78, 5) is 18.2. The van der Waals surface area contributed by atoms with Gasteiger partial charge in [-0.3, -0.25) is 4.98 Å². The van der Waals surface area contributed by atoms with Crippen LogP contribution in [-0.2, 0) is 0 Å². The molecule has 0 saturated carbocycles. The van der Waals surface area contributed by atoms with E-state index in [9.17, 15) is 9.90 Å². The Morgan fingerprint density at radius 2 is 1.69 bits per heavy atom. The van der Waals surface area contributed by atoms with Crippen molar-refractivity contribution in [2.75, 3.05) is 0 Å². The lowest BCUT2D eigenvalue weighted by molar-refractivity contribution is -0.245. The lowest BCUT2D eigenvalue weighted by atomic mass is 10.1. The number of aromatic carboxylic acids is 1. The largest absolute Gasteiger partial charge is 0.871 e. The minimum atomic E-state index is -1.26. The van der Waals surface area contributed by atoms with Crippen LogP contribution in [0.15, 0.2) is 42.3 Å². The smallest absolute Gasteiger partial charge is 0.356 e. The molecular formula is C11H7N2O3-. The van der Waals surface area contributed by atoms with E-state index < -0.39 is 11.7 Å². The van der Waals surface area contributed by atoms with Gasteiger partial charge >= 0.3 is 5.97 Å². The molecule has 80 valence electrons. The van der Waals surface area contributed by atoms with Gasteiger partial charge in [0.1, 0.15) is 0 Å². The fraction of sp³-hybridized carbons (Fsp3) is 0. The molecular weight excluding hydrogens is 208 g/mol. The van der Waals surface area contributed by atoms with Crippen molar-refractivity contribution in [3.8, 4) is 0 Å². The fourth-order valence-corrected chi connectivity index (χ4v) is 1.32. The highest BCUT2D eigenvalue weighted by Gasteiger charge is 2.12. The second-order valence-corrected chi connectivity index (χ2v) is 3.06. The summed E-state index contributed by atoms with van der Waals surface area (Å²) in [6.45, 7) is 0. The highest BCUT2D eigenvalue weighted by molar-refractivity contribution is 5.90. The molecule has 0 aliphatic heterocycles. The van der Waals surface area contributed by atoms with Crippen LogP contribution in [0, 0.1) is 0 Å². The van der Waals surface area contributed by atoms with Gasteiger partial charge in [-0.15, -0.1) is 0 Å². The third-order valence-corrected chi connectivity index (χ3v) is 2.04. The topological polar surface area (TPSA) is 86.1 Å². The van der Waals surface area contributed by atoms with E-state index in [-0.39, 0.29) is 11.4 Å². The maximum atomic E-state index is 11.9. The van der Waals surface area contributed by atoms with Gasteiger partial charge < -0.3 is 10.2 Å². The van der Waals surface area contributed by atoms with Crippen LogP contribution < -0.4 is 5.11 Å². The molecule has 5 nitrogen and oxygen atoms in total. The predicted molar refractivity (Wildman–Crippen MR) is 54.2 cm³/mol. The lowest BCUT2D eigenvalue weighted by Gasteiger charge is -2.14. The number of allylic oxidation sites excluding steroid dienone is 5. The lowest BCUT2D eigenvalue weighted by Crippen LogP contribution is -2.14. The quantitative estimate of drug-likeness (QED) is 0.720. The summed E-state index contributed by atoms with van der Waals surface area (Å²) in [5, 5.41) is 20.7. The van der Waals surface area contributed by atoms with Crippen LogP contribution in [-0.4, -0.2) is 21.0 Å². The Hall–Kier alpha value is -2.43. The molecule has 0 unspecified atom stereocenters. The van der Waals surface area contributed by atoms with Crippen molar-refractivity contribution in [3.05, 3.63) is 53.7 Å². The second-order valence-electron chi connectivity index (χ2n) is 3.06. The van der Waals surface area contributed by atoms with Crippen LogP contribution >= 0.6 is 0 Å². The van der Waals surface area contributed by atoms with Gasteiger partial charge in [0, 0.05) is 12.4 Å². The van der Waals surface area contributed by atoms with Crippen molar-refractivity contribution < 1.29 is 15.0 Å². The number of rotatable bonds is 2. The SMILES string of the molecule is O=C(O)c1nccnc1C([O-])=C1C=CC=C1. The summed E-state index contributed by atoms with van der Waals surface area (Å²) in [5.41, 5.74) is -0.0575. The van der Waals surface area contributed by atoms with Crippen molar-refractivity contribution >= 4 is 11.7 Å². The molecule has 5 heteroatoms. The van der Waals surface area contributed by atoms with E-state index in [2.05, 4.69) is 9.97 Å². The average molecular weight is 215 g/mol. The Morgan fingerprint density at radius 1 is 1.12 bits per heavy atom. The minimum Gasteiger partial charge on any atom is -0.871 e. The van der Waals surface area contributed by atoms with Gasteiger partial charge in [-0.25, -0.2) is 9.78 Å². The van der Waals surface area contributed by atoms with E-state index in [1.807, 2.05) is 0 Å². The Bertz CT molecular complexity index is 516. The van der Waals surface area contributed by atoms with Gasteiger partial charge in [-0.05, 0) is 5.57 Å². The normalized spacial score (nSPS) is 13.1.